The summed E-state index contributed by atoms with van der Waals surface area (Å²) in [5, 5.41) is 0. The average Bonchev–Trinajstić information content (AvgIpc) is 2.48. The zero-order chi connectivity index (χ0) is 12.5. The number of rotatable bonds is 0. The van der Waals surface area contributed by atoms with E-state index in [1.165, 1.54) is 14.1 Å². The van der Waals surface area contributed by atoms with Crippen LogP contribution in [0.3, 0.4) is 0 Å². The van der Waals surface area contributed by atoms with Gasteiger partial charge < -0.3 is 11.5 Å². The molecule has 3 heteroatoms. The molecule has 92 valence electrons. The fourth-order valence-corrected chi connectivity index (χ4v) is 0.684. The summed E-state index contributed by atoms with van der Waals surface area (Å²) in [6.45, 7) is 0. The Morgan fingerprint density at radius 3 is 0.824 bits per heavy atom. The molecule has 0 heterocycles. The van der Waals surface area contributed by atoms with Crippen molar-refractivity contribution in [2.45, 2.75) is 0 Å². The van der Waals surface area contributed by atoms with E-state index in [0.717, 1.165) is 0 Å². The smallest absolute Gasteiger partial charge is 0.333 e. The molecule has 0 spiro atoms. The quantitative estimate of drug-likeness (QED) is 0.666. The first-order chi connectivity index (χ1) is 8.00. The maximum atomic E-state index is 4.50. The van der Waals surface area contributed by atoms with Crippen molar-refractivity contribution in [3.63, 3.8) is 0 Å². The fourth-order valence-electron chi connectivity index (χ4n) is 0.684. The Bertz CT molecular complexity index is 190. The molecular formula is C14H20N2W. The van der Waals surface area contributed by atoms with Crippen molar-refractivity contribution in [1.29, 1.82) is 0 Å². The van der Waals surface area contributed by atoms with Crippen LogP contribution in [0, 0.1) is 12.1 Å². The van der Waals surface area contributed by atoms with Gasteiger partial charge in [-0.25, -0.2) is 0 Å². The third-order valence-corrected chi connectivity index (χ3v) is 1.21. The molecule has 17 heavy (non-hydrogen) atoms. The maximum Gasteiger partial charge on any atom is 2.00 e. The van der Waals surface area contributed by atoms with Gasteiger partial charge in [0.1, 0.15) is 0 Å². The van der Waals surface area contributed by atoms with Crippen molar-refractivity contribution in [3.8, 4) is 0 Å². The second kappa shape index (κ2) is 24.3. The normalized spacial score (nSPS) is 6.35. The standard InChI is InChI=1S/2C6H5.2CH5N.W/c2*1-2-4-6-5-3-1;2*1-2;/h2*1-5H;2*2H2,1H3;/q2*-1;;;+2. The minimum absolute atomic E-state index is 0. The second-order valence-electron chi connectivity index (χ2n) is 2.15. The third-order valence-electron chi connectivity index (χ3n) is 1.21. The molecule has 0 atom stereocenters. The van der Waals surface area contributed by atoms with Crippen LogP contribution in [0.2, 0.25) is 0 Å². The SMILES string of the molecule is CN.CN.[W+2].[c-]1ccccc1.[c-]1ccccc1. The van der Waals surface area contributed by atoms with Gasteiger partial charge in [-0.3, -0.25) is 0 Å². The first-order valence-electron chi connectivity index (χ1n) is 4.98. The Kier molecular flexibility index (Phi) is 30.5. The van der Waals surface area contributed by atoms with Gasteiger partial charge in [0.2, 0.25) is 0 Å². The maximum absolute atomic E-state index is 4.50. The number of hydrogen-bond donors (Lipinski definition) is 2. The van der Waals surface area contributed by atoms with Crippen LogP contribution in [-0.2, 0) is 21.1 Å². The van der Waals surface area contributed by atoms with Crippen molar-refractivity contribution in [3.05, 3.63) is 72.8 Å². The van der Waals surface area contributed by atoms with Crippen LogP contribution in [0.4, 0.5) is 0 Å². The van der Waals surface area contributed by atoms with E-state index in [0.29, 0.717) is 0 Å². The molecule has 2 nitrogen and oxygen atoms in total. The first kappa shape index (κ1) is 21.3. The molecule has 2 aromatic rings. The van der Waals surface area contributed by atoms with E-state index in [1.54, 1.807) is 0 Å². The molecule has 2 aromatic carbocycles. The first-order valence-corrected chi connectivity index (χ1v) is 4.98. The topological polar surface area (TPSA) is 52.0 Å². The molecule has 0 aromatic heterocycles. The number of benzene rings is 2. The molecule has 0 saturated carbocycles. The van der Waals surface area contributed by atoms with E-state index in [2.05, 4.69) is 23.6 Å². The molecule has 0 unspecified atom stereocenters. The monoisotopic (exact) mass is 400 g/mol. The summed E-state index contributed by atoms with van der Waals surface area (Å²) in [7, 11) is 3.00. The van der Waals surface area contributed by atoms with Crippen LogP contribution in [0.15, 0.2) is 60.7 Å². The van der Waals surface area contributed by atoms with Crippen LogP contribution in [-0.4, -0.2) is 14.1 Å². The number of nitrogens with two attached hydrogens (primary N) is 2. The Morgan fingerprint density at radius 2 is 0.765 bits per heavy atom. The molecule has 0 fully saturated rings. The summed E-state index contributed by atoms with van der Waals surface area (Å²) in [6, 6.07) is 25.0. The molecule has 0 aliphatic heterocycles. The molecule has 0 bridgehead atoms. The van der Waals surface area contributed by atoms with Gasteiger partial charge in [-0.15, -0.1) is 0 Å². The summed E-state index contributed by atoms with van der Waals surface area (Å²) in [6.07, 6.45) is 0. The third kappa shape index (κ3) is 21.0. The van der Waals surface area contributed by atoms with Gasteiger partial charge in [0.15, 0.2) is 0 Å². The summed E-state index contributed by atoms with van der Waals surface area (Å²) in [5.74, 6) is 0. The van der Waals surface area contributed by atoms with E-state index in [9.17, 15) is 0 Å². The van der Waals surface area contributed by atoms with Gasteiger partial charge in [0, 0.05) is 0 Å². The summed E-state index contributed by atoms with van der Waals surface area (Å²) in [4.78, 5) is 0. The van der Waals surface area contributed by atoms with Gasteiger partial charge in [-0.2, -0.15) is 72.8 Å². The van der Waals surface area contributed by atoms with Crippen LogP contribution in [0.1, 0.15) is 0 Å². The molecule has 0 aliphatic carbocycles. The van der Waals surface area contributed by atoms with Gasteiger partial charge in [0.05, 0.1) is 0 Å². The molecular weight excluding hydrogens is 380 g/mol. The zero-order valence-electron chi connectivity index (χ0n) is 10.3. The van der Waals surface area contributed by atoms with Gasteiger partial charge >= 0.3 is 21.1 Å². The van der Waals surface area contributed by atoms with Crippen molar-refractivity contribution in [1.82, 2.24) is 0 Å². The Hall–Kier alpha value is -0.952. The molecule has 4 N–H and O–H groups in total. The van der Waals surface area contributed by atoms with Crippen molar-refractivity contribution in [2.24, 2.45) is 11.5 Å². The van der Waals surface area contributed by atoms with E-state index < -0.39 is 0 Å². The Morgan fingerprint density at radius 1 is 0.529 bits per heavy atom. The minimum atomic E-state index is 0. The molecule has 0 amide bonds. The van der Waals surface area contributed by atoms with Crippen molar-refractivity contribution < 1.29 is 21.1 Å². The average molecular weight is 400 g/mol. The predicted molar refractivity (Wildman–Crippen MR) is 70.8 cm³/mol. The van der Waals surface area contributed by atoms with Gasteiger partial charge in [0.25, 0.3) is 0 Å². The minimum Gasteiger partial charge on any atom is -0.333 e. The summed E-state index contributed by atoms with van der Waals surface area (Å²) < 4.78 is 0. The van der Waals surface area contributed by atoms with Gasteiger partial charge in [-0.05, 0) is 14.1 Å². The predicted octanol–water partition coefficient (Wildman–Crippen LogP) is 2.12. The zero-order valence-corrected chi connectivity index (χ0v) is 13.3. The fraction of sp³-hybridized carbons (Fsp3) is 0.143. The van der Waals surface area contributed by atoms with Crippen LogP contribution < -0.4 is 11.5 Å². The summed E-state index contributed by atoms with van der Waals surface area (Å²) >= 11 is 0. The van der Waals surface area contributed by atoms with Crippen LogP contribution in [0.5, 0.6) is 0 Å². The Balaban J connectivity index is -0.000000171. The van der Waals surface area contributed by atoms with E-state index >= 15 is 0 Å². The largest absolute Gasteiger partial charge is 2.00 e. The molecule has 2 rings (SSSR count). The molecule has 0 aliphatic rings. The van der Waals surface area contributed by atoms with E-state index in [1.807, 2.05) is 60.7 Å². The van der Waals surface area contributed by atoms with Gasteiger partial charge in [-0.1, -0.05) is 0 Å². The van der Waals surface area contributed by atoms with Crippen LogP contribution in [0.25, 0.3) is 0 Å². The number of hydrogen-bond acceptors (Lipinski definition) is 2. The van der Waals surface area contributed by atoms with Crippen molar-refractivity contribution >= 4 is 0 Å². The molecule has 0 saturated heterocycles. The summed E-state index contributed by atoms with van der Waals surface area (Å²) in [5.41, 5.74) is 9.00. The van der Waals surface area contributed by atoms with E-state index in [-0.39, 0.29) is 21.1 Å². The second-order valence-corrected chi connectivity index (χ2v) is 2.15. The van der Waals surface area contributed by atoms with E-state index in [4.69, 9.17) is 0 Å². The molecule has 0 radical (unpaired) electrons. The van der Waals surface area contributed by atoms with Crippen LogP contribution >= 0.6 is 0 Å². The van der Waals surface area contributed by atoms with Crippen molar-refractivity contribution in [2.75, 3.05) is 14.1 Å². The Labute approximate surface area is 119 Å².